The molecule has 5 rings (SSSR count). The Labute approximate surface area is 268 Å². The van der Waals surface area contributed by atoms with Gasteiger partial charge in [0, 0.05) is 62.9 Å². The second-order valence-corrected chi connectivity index (χ2v) is 15.2. The van der Waals surface area contributed by atoms with Crippen LogP contribution in [0.4, 0.5) is 0 Å². The van der Waals surface area contributed by atoms with E-state index in [-0.39, 0.29) is 17.7 Å². The maximum Gasteiger partial charge on any atom is 0.0957 e. The Kier molecular flexibility index (Phi) is 11.6. The number of rotatable bonds is 11. The van der Waals surface area contributed by atoms with Crippen LogP contribution in [0.2, 0.25) is 0 Å². The lowest BCUT2D eigenvalue weighted by Crippen LogP contribution is -2.69. The van der Waals surface area contributed by atoms with Gasteiger partial charge in [0.25, 0.3) is 0 Å². The maximum absolute atomic E-state index is 7.18. The van der Waals surface area contributed by atoms with E-state index in [1.54, 1.807) is 0 Å². The maximum atomic E-state index is 7.18. The predicted molar refractivity (Wildman–Crippen MR) is 184 cm³/mol. The molecule has 3 saturated heterocycles. The van der Waals surface area contributed by atoms with Crippen LogP contribution in [0, 0.1) is 5.92 Å². The van der Waals surface area contributed by atoms with Gasteiger partial charge in [-0.25, -0.2) is 0 Å². The Morgan fingerprint density at radius 2 is 1.73 bits per heavy atom. The summed E-state index contributed by atoms with van der Waals surface area (Å²) in [5, 5.41) is 7.55. The van der Waals surface area contributed by atoms with Crippen molar-refractivity contribution in [1.29, 1.82) is 0 Å². The van der Waals surface area contributed by atoms with E-state index in [0.29, 0.717) is 24.2 Å². The average Bonchev–Trinajstić information content (AvgIpc) is 3.46. The molecule has 0 radical (unpaired) electrons. The second-order valence-electron chi connectivity index (χ2n) is 15.2. The Bertz CT molecular complexity index is 1150. The number of benzene rings is 2. The number of likely N-dealkylation sites (tertiary alicyclic amines) is 1. The third-order valence-electron chi connectivity index (χ3n) is 10.4. The summed E-state index contributed by atoms with van der Waals surface area (Å²) in [4.78, 5) is 8.09. The quantitative estimate of drug-likeness (QED) is 0.342. The summed E-state index contributed by atoms with van der Waals surface area (Å²) in [6.07, 6.45) is 3.77. The summed E-state index contributed by atoms with van der Waals surface area (Å²) >= 11 is 0. The molecule has 6 heteroatoms. The number of hydrogen-bond acceptors (Lipinski definition) is 6. The zero-order valence-electron chi connectivity index (χ0n) is 28.8. The predicted octanol–water partition coefficient (Wildman–Crippen LogP) is 5.73. The lowest BCUT2D eigenvalue weighted by Gasteiger charge is -2.54. The molecule has 0 aliphatic carbocycles. The number of piperazine rings is 1. The van der Waals surface area contributed by atoms with Crippen LogP contribution in [-0.2, 0) is 17.7 Å². The first-order valence-corrected chi connectivity index (χ1v) is 17.6. The summed E-state index contributed by atoms with van der Waals surface area (Å²) in [6.45, 7) is 24.9. The van der Waals surface area contributed by atoms with E-state index >= 15 is 0 Å². The minimum absolute atomic E-state index is 0.0444. The molecule has 6 nitrogen and oxygen atoms in total. The van der Waals surface area contributed by atoms with Gasteiger partial charge in [0.05, 0.1) is 18.2 Å². The van der Waals surface area contributed by atoms with Crippen molar-refractivity contribution in [3.05, 3.63) is 71.3 Å². The van der Waals surface area contributed by atoms with Crippen LogP contribution in [0.5, 0.6) is 0 Å². The fraction of sp³-hybridized carbons (Fsp3) is 0.684. The van der Waals surface area contributed by atoms with E-state index < -0.39 is 0 Å². The van der Waals surface area contributed by atoms with Crippen LogP contribution in [0.15, 0.2) is 54.6 Å². The Morgan fingerprint density at radius 1 is 0.955 bits per heavy atom. The van der Waals surface area contributed by atoms with E-state index in [2.05, 4.69) is 128 Å². The van der Waals surface area contributed by atoms with Gasteiger partial charge in [0.1, 0.15) is 0 Å². The Morgan fingerprint density at radius 3 is 2.45 bits per heavy atom. The molecule has 0 aromatic heterocycles. The highest BCUT2D eigenvalue weighted by Crippen LogP contribution is 2.34. The SMILES string of the molecule is CCC(C)NCC1CCN(Cc2cccc(C3CN(C(C)C)CC(C4CNCC(Cc5ccccc5)N4C(C)(C)C)O3)c2)C1. The molecule has 44 heavy (non-hydrogen) atoms. The molecular formula is C38H61N5O. The minimum atomic E-state index is 0.0444. The smallest absolute Gasteiger partial charge is 0.0957 e. The molecular weight excluding hydrogens is 542 g/mol. The van der Waals surface area contributed by atoms with Crippen molar-refractivity contribution in [1.82, 2.24) is 25.3 Å². The molecule has 244 valence electrons. The van der Waals surface area contributed by atoms with Crippen LogP contribution in [0.1, 0.15) is 84.1 Å². The molecule has 2 N–H and O–H groups in total. The lowest BCUT2D eigenvalue weighted by atomic mass is 9.89. The molecule has 3 aliphatic rings. The monoisotopic (exact) mass is 603 g/mol. The van der Waals surface area contributed by atoms with Crippen LogP contribution in [0.25, 0.3) is 0 Å². The van der Waals surface area contributed by atoms with Gasteiger partial charge >= 0.3 is 0 Å². The molecule has 3 aliphatic heterocycles. The van der Waals surface area contributed by atoms with E-state index in [4.69, 9.17) is 4.74 Å². The minimum Gasteiger partial charge on any atom is -0.366 e. The van der Waals surface area contributed by atoms with Gasteiger partial charge in [-0.15, -0.1) is 0 Å². The molecule has 2 aromatic rings. The van der Waals surface area contributed by atoms with Gasteiger partial charge in [-0.05, 0) is 96.5 Å². The number of nitrogens with zero attached hydrogens (tertiary/aromatic N) is 3. The van der Waals surface area contributed by atoms with Crippen LogP contribution >= 0.6 is 0 Å². The molecule has 0 spiro atoms. The van der Waals surface area contributed by atoms with Gasteiger partial charge in [-0.3, -0.25) is 14.7 Å². The number of morpholine rings is 1. The molecule has 0 bridgehead atoms. The highest BCUT2D eigenvalue weighted by atomic mass is 16.5. The van der Waals surface area contributed by atoms with Crippen LogP contribution in [-0.4, -0.2) is 96.3 Å². The fourth-order valence-electron chi connectivity index (χ4n) is 7.80. The molecule has 3 fully saturated rings. The van der Waals surface area contributed by atoms with Crippen molar-refractivity contribution in [3.63, 3.8) is 0 Å². The number of nitrogens with one attached hydrogen (secondary N) is 2. The normalized spacial score (nSPS) is 28.5. The van der Waals surface area contributed by atoms with Crippen molar-refractivity contribution in [2.24, 2.45) is 5.92 Å². The fourth-order valence-corrected chi connectivity index (χ4v) is 7.80. The highest BCUT2D eigenvalue weighted by molar-refractivity contribution is 5.26. The molecule has 0 amide bonds. The lowest BCUT2D eigenvalue weighted by molar-refractivity contribution is -0.147. The first-order valence-electron chi connectivity index (χ1n) is 17.6. The summed E-state index contributed by atoms with van der Waals surface area (Å²) in [6, 6.07) is 22.2. The summed E-state index contributed by atoms with van der Waals surface area (Å²) in [7, 11) is 0. The number of hydrogen-bond donors (Lipinski definition) is 2. The van der Waals surface area contributed by atoms with E-state index in [0.717, 1.165) is 51.6 Å². The Balaban J connectivity index is 1.30. The largest absolute Gasteiger partial charge is 0.366 e. The van der Waals surface area contributed by atoms with Crippen molar-refractivity contribution < 1.29 is 4.74 Å². The first kappa shape index (κ1) is 33.6. The zero-order valence-corrected chi connectivity index (χ0v) is 28.8. The number of ether oxygens (including phenoxy) is 1. The molecule has 6 unspecified atom stereocenters. The summed E-state index contributed by atoms with van der Waals surface area (Å²) in [5.74, 6) is 0.759. The second kappa shape index (κ2) is 15.2. The molecule has 0 saturated carbocycles. The summed E-state index contributed by atoms with van der Waals surface area (Å²) in [5.41, 5.74) is 4.20. The highest BCUT2D eigenvalue weighted by Gasteiger charge is 2.44. The van der Waals surface area contributed by atoms with Gasteiger partial charge in [-0.1, -0.05) is 61.5 Å². The van der Waals surface area contributed by atoms with Crippen molar-refractivity contribution in [2.45, 2.75) is 116 Å². The third-order valence-corrected chi connectivity index (χ3v) is 10.4. The van der Waals surface area contributed by atoms with Gasteiger partial charge < -0.3 is 15.4 Å². The van der Waals surface area contributed by atoms with Crippen molar-refractivity contribution in [3.8, 4) is 0 Å². The van der Waals surface area contributed by atoms with Gasteiger partial charge in [-0.2, -0.15) is 0 Å². The summed E-state index contributed by atoms with van der Waals surface area (Å²) < 4.78 is 7.18. The van der Waals surface area contributed by atoms with Gasteiger partial charge in [0.2, 0.25) is 0 Å². The molecule has 3 heterocycles. The van der Waals surface area contributed by atoms with Crippen molar-refractivity contribution in [2.75, 3.05) is 45.8 Å². The van der Waals surface area contributed by atoms with Crippen molar-refractivity contribution >= 4 is 0 Å². The zero-order chi connectivity index (χ0) is 31.3. The molecule has 6 atom stereocenters. The van der Waals surface area contributed by atoms with E-state index in [1.165, 1.54) is 42.6 Å². The molecule has 2 aromatic carbocycles. The average molecular weight is 604 g/mol. The van der Waals surface area contributed by atoms with Crippen LogP contribution in [0.3, 0.4) is 0 Å². The topological polar surface area (TPSA) is 43.0 Å². The Hall–Kier alpha value is -1.80. The third kappa shape index (κ3) is 8.71. The van der Waals surface area contributed by atoms with Gasteiger partial charge in [0.15, 0.2) is 0 Å². The first-order chi connectivity index (χ1) is 21.1. The van der Waals surface area contributed by atoms with E-state index in [9.17, 15) is 0 Å². The van der Waals surface area contributed by atoms with E-state index in [1.807, 2.05) is 0 Å². The standard InChI is InChI=1S/C38H61N5O/c1-8-29(4)40-21-32-17-18-41(25-32)24-31-15-12-16-33(19-31)36-26-42(28(2)3)27-37(44-36)35-23-39-22-34(43(35)38(5,6)7)20-30-13-10-9-11-14-30/h9-16,19,28-29,32,34-37,39-40H,8,17-18,20-27H2,1-7H3. The van der Waals surface area contributed by atoms with Crippen LogP contribution < -0.4 is 10.6 Å².